The Kier molecular flexibility index (Phi) is 4.21. The van der Waals surface area contributed by atoms with Crippen LogP contribution in [-0.4, -0.2) is 24.1 Å². The van der Waals surface area contributed by atoms with Crippen molar-refractivity contribution in [3.8, 4) is 5.75 Å². The van der Waals surface area contributed by atoms with Crippen LogP contribution in [0.1, 0.15) is 38.3 Å². The van der Waals surface area contributed by atoms with Gasteiger partial charge >= 0.3 is 5.97 Å². The first-order chi connectivity index (χ1) is 9.91. The first-order valence-electron chi connectivity index (χ1n) is 7.08. The zero-order chi connectivity index (χ0) is 15.6. The first kappa shape index (κ1) is 15.4. The van der Waals surface area contributed by atoms with Gasteiger partial charge in [-0.05, 0) is 36.0 Å². The van der Waals surface area contributed by atoms with Crippen LogP contribution in [0.3, 0.4) is 0 Å². The van der Waals surface area contributed by atoms with Gasteiger partial charge in [-0.3, -0.25) is 4.79 Å². The van der Waals surface area contributed by atoms with E-state index in [0.717, 1.165) is 12.8 Å². The van der Waals surface area contributed by atoms with Crippen molar-refractivity contribution in [2.45, 2.75) is 32.7 Å². The van der Waals surface area contributed by atoms with Gasteiger partial charge < -0.3 is 15.2 Å². The number of carbonyl (C=O) groups excluding carboxylic acids is 1. The van der Waals surface area contributed by atoms with E-state index in [-0.39, 0.29) is 17.2 Å². The second-order valence-electron chi connectivity index (χ2n) is 5.82. The summed E-state index contributed by atoms with van der Waals surface area (Å²) in [6, 6.07) is 5.66. The van der Waals surface area contributed by atoms with E-state index in [1.807, 2.05) is 6.92 Å². The van der Waals surface area contributed by atoms with Crippen LogP contribution in [0, 0.1) is 11.3 Å². The topological polar surface area (TPSA) is 75.6 Å². The Morgan fingerprint density at radius 1 is 1.43 bits per heavy atom. The van der Waals surface area contributed by atoms with Crippen LogP contribution in [0.2, 0.25) is 0 Å². The molecule has 0 spiro atoms. The highest BCUT2D eigenvalue weighted by molar-refractivity contribution is 5.88. The number of carbonyl (C=O) groups is 2. The van der Waals surface area contributed by atoms with E-state index in [4.69, 9.17) is 4.74 Å². The monoisotopic (exact) mass is 291 g/mol. The highest BCUT2D eigenvalue weighted by atomic mass is 16.5. The molecule has 1 aliphatic rings. The SMILES string of the molecule is CCC1(C)CC1C(=O)NC(C(=O)O)c1ccc(OC)cc1. The maximum atomic E-state index is 12.2. The van der Waals surface area contributed by atoms with Crippen molar-refractivity contribution >= 4 is 11.9 Å². The quantitative estimate of drug-likeness (QED) is 0.843. The molecule has 1 aromatic rings. The molecule has 1 amide bonds. The maximum absolute atomic E-state index is 12.2. The Morgan fingerprint density at radius 2 is 2.05 bits per heavy atom. The maximum Gasteiger partial charge on any atom is 0.330 e. The fraction of sp³-hybridized carbons (Fsp3) is 0.500. The number of rotatable bonds is 6. The minimum absolute atomic E-state index is 0.0209. The number of ether oxygens (including phenoxy) is 1. The average Bonchev–Trinajstić information content (AvgIpc) is 3.17. The molecular formula is C16H21NO4. The number of carboxylic acid groups (broad SMARTS) is 1. The summed E-state index contributed by atoms with van der Waals surface area (Å²) in [5.41, 5.74) is 0.558. The number of benzene rings is 1. The van der Waals surface area contributed by atoms with Gasteiger partial charge in [0.05, 0.1) is 7.11 Å². The lowest BCUT2D eigenvalue weighted by atomic mass is 10.0. The van der Waals surface area contributed by atoms with Gasteiger partial charge in [-0.1, -0.05) is 26.0 Å². The van der Waals surface area contributed by atoms with Gasteiger partial charge in [-0.15, -0.1) is 0 Å². The molecule has 5 heteroatoms. The zero-order valence-corrected chi connectivity index (χ0v) is 12.6. The van der Waals surface area contributed by atoms with Gasteiger partial charge in [0.1, 0.15) is 5.75 Å². The van der Waals surface area contributed by atoms with E-state index >= 15 is 0 Å². The van der Waals surface area contributed by atoms with Crippen molar-refractivity contribution < 1.29 is 19.4 Å². The van der Waals surface area contributed by atoms with E-state index in [2.05, 4.69) is 12.2 Å². The van der Waals surface area contributed by atoms with Crippen molar-refractivity contribution in [3.63, 3.8) is 0 Å². The van der Waals surface area contributed by atoms with Crippen molar-refractivity contribution in [2.24, 2.45) is 11.3 Å². The van der Waals surface area contributed by atoms with Crippen LogP contribution in [0.15, 0.2) is 24.3 Å². The van der Waals surface area contributed by atoms with Crippen molar-refractivity contribution in [1.82, 2.24) is 5.32 Å². The Labute approximate surface area is 124 Å². The second-order valence-corrected chi connectivity index (χ2v) is 5.82. The van der Waals surface area contributed by atoms with Gasteiger partial charge in [0.15, 0.2) is 6.04 Å². The molecule has 0 heterocycles. The van der Waals surface area contributed by atoms with E-state index < -0.39 is 12.0 Å². The Balaban J connectivity index is 2.09. The minimum atomic E-state index is -1.06. The van der Waals surface area contributed by atoms with E-state index in [1.54, 1.807) is 31.4 Å². The molecule has 1 fully saturated rings. The third kappa shape index (κ3) is 3.17. The number of hydrogen-bond acceptors (Lipinski definition) is 3. The predicted octanol–water partition coefficient (Wildman–Crippen LogP) is 2.37. The molecule has 3 unspecified atom stereocenters. The fourth-order valence-electron chi connectivity index (χ4n) is 2.53. The van der Waals surface area contributed by atoms with Crippen LogP contribution < -0.4 is 10.1 Å². The molecule has 0 radical (unpaired) electrons. The van der Waals surface area contributed by atoms with E-state index in [9.17, 15) is 14.7 Å². The molecule has 1 aliphatic carbocycles. The lowest BCUT2D eigenvalue weighted by Crippen LogP contribution is -2.35. The highest BCUT2D eigenvalue weighted by Crippen LogP contribution is 2.54. The number of hydrogen-bond donors (Lipinski definition) is 2. The smallest absolute Gasteiger partial charge is 0.330 e. The molecule has 1 saturated carbocycles. The minimum Gasteiger partial charge on any atom is -0.497 e. The molecule has 21 heavy (non-hydrogen) atoms. The van der Waals surface area contributed by atoms with Crippen LogP contribution in [0.4, 0.5) is 0 Å². The summed E-state index contributed by atoms with van der Waals surface area (Å²) in [7, 11) is 1.55. The summed E-state index contributed by atoms with van der Waals surface area (Å²) in [5.74, 6) is -0.674. The standard InChI is InChI=1S/C16H21NO4/c1-4-16(2)9-12(16)14(18)17-13(15(19)20)10-5-7-11(21-3)8-6-10/h5-8,12-13H,4,9H2,1-3H3,(H,17,18)(H,19,20). The Bertz CT molecular complexity index is 540. The molecule has 114 valence electrons. The average molecular weight is 291 g/mol. The first-order valence-corrected chi connectivity index (χ1v) is 7.08. The van der Waals surface area contributed by atoms with E-state index in [1.165, 1.54) is 0 Å². The highest BCUT2D eigenvalue weighted by Gasteiger charge is 2.53. The number of nitrogens with one attached hydrogen (secondary N) is 1. The second kappa shape index (κ2) is 5.76. The van der Waals surface area contributed by atoms with Gasteiger partial charge in [0, 0.05) is 5.92 Å². The molecule has 5 nitrogen and oxygen atoms in total. The van der Waals surface area contributed by atoms with Gasteiger partial charge in [0.25, 0.3) is 0 Å². The van der Waals surface area contributed by atoms with Crippen LogP contribution in [0.25, 0.3) is 0 Å². The molecule has 3 atom stereocenters. The van der Waals surface area contributed by atoms with Crippen molar-refractivity contribution in [1.29, 1.82) is 0 Å². The molecule has 2 rings (SSSR count). The van der Waals surface area contributed by atoms with Crippen LogP contribution in [-0.2, 0) is 9.59 Å². The summed E-state index contributed by atoms with van der Waals surface area (Å²) in [6.07, 6.45) is 1.75. The van der Waals surface area contributed by atoms with Crippen molar-refractivity contribution in [3.05, 3.63) is 29.8 Å². The van der Waals surface area contributed by atoms with Crippen LogP contribution >= 0.6 is 0 Å². The number of amides is 1. The molecule has 0 bridgehead atoms. The molecule has 2 N–H and O–H groups in total. The summed E-state index contributed by atoms with van der Waals surface area (Å²) < 4.78 is 5.05. The number of carboxylic acids is 1. The molecule has 0 aromatic heterocycles. The summed E-state index contributed by atoms with van der Waals surface area (Å²) in [5, 5.41) is 12.0. The Morgan fingerprint density at radius 3 is 2.48 bits per heavy atom. The largest absolute Gasteiger partial charge is 0.497 e. The lowest BCUT2D eigenvalue weighted by molar-refractivity contribution is -0.142. The third-order valence-corrected chi connectivity index (χ3v) is 4.46. The summed E-state index contributed by atoms with van der Waals surface area (Å²) in [6.45, 7) is 4.10. The summed E-state index contributed by atoms with van der Waals surface area (Å²) in [4.78, 5) is 23.6. The third-order valence-electron chi connectivity index (χ3n) is 4.46. The van der Waals surface area contributed by atoms with Gasteiger partial charge in [-0.2, -0.15) is 0 Å². The number of methoxy groups -OCH3 is 1. The van der Waals surface area contributed by atoms with Gasteiger partial charge in [0.2, 0.25) is 5.91 Å². The molecule has 0 saturated heterocycles. The predicted molar refractivity (Wildman–Crippen MR) is 78.0 cm³/mol. The summed E-state index contributed by atoms with van der Waals surface area (Å²) >= 11 is 0. The molecule has 1 aromatic carbocycles. The van der Waals surface area contributed by atoms with Crippen LogP contribution in [0.5, 0.6) is 5.75 Å². The molecular weight excluding hydrogens is 270 g/mol. The van der Waals surface area contributed by atoms with E-state index in [0.29, 0.717) is 11.3 Å². The fourth-order valence-corrected chi connectivity index (χ4v) is 2.53. The lowest BCUT2D eigenvalue weighted by Gasteiger charge is -2.16. The van der Waals surface area contributed by atoms with Gasteiger partial charge in [-0.25, -0.2) is 4.79 Å². The number of aliphatic carboxylic acids is 1. The normalized spacial score (nSPS) is 25.0. The molecule has 0 aliphatic heterocycles. The zero-order valence-electron chi connectivity index (χ0n) is 12.6. The van der Waals surface area contributed by atoms with Crippen molar-refractivity contribution in [2.75, 3.05) is 7.11 Å². The Hall–Kier alpha value is -2.04.